The van der Waals surface area contributed by atoms with Gasteiger partial charge in [0.2, 0.25) is 11.8 Å². The number of hydrogen-bond donors (Lipinski definition) is 2. The number of nitrogens with zero attached hydrogens (tertiary/aromatic N) is 1. The number of fused-ring (bicyclic) bond motifs is 2. The van der Waals surface area contributed by atoms with Gasteiger partial charge in [-0.25, -0.2) is 9.59 Å². The van der Waals surface area contributed by atoms with Crippen molar-refractivity contribution in [2.75, 3.05) is 13.2 Å². The minimum absolute atomic E-state index is 0.144. The van der Waals surface area contributed by atoms with Crippen molar-refractivity contribution in [3.05, 3.63) is 24.3 Å². The molecule has 2 heterocycles. The maximum atomic E-state index is 13.5. The van der Waals surface area contributed by atoms with E-state index in [0.717, 1.165) is 19.3 Å². The van der Waals surface area contributed by atoms with Crippen LogP contribution in [0.4, 0.5) is 4.79 Å². The van der Waals surface area contributed by atoms with Crippen LogP contribution in [0.2, 0.25) is 0 Å². The van der Waals surface area contributed by atoms with Crippen LogP contribution in [0.5, 0.6) is 0 Å². The predicted octanol–water partition coefficient (Wildman–Crippen LogP) is 2.17. The summed E-state index contributed by atoms with van der Waals surface area (Å²) in [5, 5.41) is 5.41. The van der Waals surface area contributed by atoms with Crippen molar-refractivity contribution in [3.63, 3.8) is 0 Å². The number of Topliss-reactive ketones (excluding diaryl/α,β-unsaturated/α-hetero) is 1. The van der Waals surface area contributed by atoms with Crippen LogP contribution >= 0.6 is 0 Å². The molecule has 0 bridgehead atoms. The van der Waals surface area contributed by atoms with E-state index in [4.69, 9.17) is 9.47 Å². The standard InChI is InChI=1S/C26H37N3O7/c1-5-35-23(33)26-14-13-17(26)11-9-7-6-8-10-12-19(27-24(34)36-25(2,3)4)22(32)29-16-18(30)15-20(29)21(31)28-26/h9,11,13-14,17,19-20H,5-8,10,12,15-16H2,1-4H3,(H,27,34)(H,28,31)/b11-9-/t17-,19+,20+,26-/m1/s1. The number of ether oxygens (including phenoxy) is 2. The van der Waals surface area contributed by atoms with Crippen LogP contribution in [0, 0.1) is 5.92 Å². The lowest BCUT2D eigenvalue weighted by Gasteiger charge is -2.41. The van der Waals surface area contributed by atoms with Gasteiger partial charge in [0.05, 0.1) is 13.2 Å². The van der Waals surface area contributed by atoms with Gasteiger partial charge in [-0.2, -0.15) is 0 Å². The summed E-state index contributed by atoms with van der Waals surface area (Å²) in [6.45, 7) is 6.75. The highest BCUT2D eigenvalue weighted by molar-refractivity contribution is 6.02. The lowest BCUT2D eigenvalue weighted by atomic mass is 9.73. The summed E-state index contributed by atoms with van der Waals surface area (Å²) >= 11 is 0. The third-order valence-electron chi connectivity index (χ3n) is 6.46. The summed E-state index contributed by atoms with van der Waals surface area (Å²) in [6.07, 6.45) is 9.79. The smallest absolute Gasteiger partial charge is 0.408 e. The van der Waals surface area contributed by atoms with Crippen molar-refractivity contribution in [3.8, 4) is 0 Å². The van der Waals surface area contributed by atoms with Gasteiger partial charge in [0, 0.05) is 12.3 Å². The number of nitrogens with one attached hydrogen (secondary N) is 2. The highest BCUT2D eigenvalue weighted by Gasteiger charge is 2.52. The number of carbonyl (C=O) groups excluding carboxylic acids is 5. The van der Waals surface area contributed by atoms with E-state index < -0.39 is 53.0 Å². The first-order valence-electron chi connectivity index (χ1n) is 12.6. The summed E-state index contributed by atoms with van der Waals surface area (Å²) in [7, 11) is 0. The Balaban J connectivity index is 1.89. The maximum absolute atomic E-state index is 13.5. The number of allylic oxidation sites excluding steroid dienone is 1. The summed E-state index contributed by atoms with van der Waals surface area (Å²) in [5.74, 6) is -2.40. The summed E-state index contributed by atoms with van der Waals surface area (Å²) in [4.78, 5) is 65.9. The Morgan fingerprint density at radius 3 is 2.56 bits per heavy atom. The number of carbonyl (C=O) groups is 5. The van der Waals surface area contributed by atoms with Crippen LogP contribution < -0.4 is 10.6 Å². The van der Waals surface area contributed by atoms with E-state index in [1.165, 1.54) is 4.90 Å². The van der Waals surface area contributed by atoms with Crippen molar-refractivity contribution in [1.82, 2.24) is 15.5 Å². The Morgan fingerprint density at radius 1 is 1.17 bits per heavy atom. The topological polar surface area (TPSA) is 131 Å². The van der Waals surface area contributed by atoms with Crippen LogP contribution in [0.15, 0.2) is 24.3 Å². The minimum atomic E-state index is -1.39. The highest BCUT2D eigenvalue weighted by Crippen LogP contribution is 2.34. The Morgan fingerprint density at radius 2 is 1.92 bits per heavy atom. The molecule has 198 valence electrons. The molecule has 0 saturated carbocycles. The van der Waals surface area contributed by atoms with E-state index >= 15 is 0 Å². The number of amides is 3. The second kappa shape index (κ2) is 11.3. The molecule has 1 fully saturated rings. The highest BCUT2D eigenvalue weighted by atomic mass is 16.6. The second-order valence-electron chi connectivity index (χ2n) is 10.5. The van der Waals surface area contributed by atoms with Gasteiger partial charge < -0.3 is 25.0 Å². The fraction of sp³-hybridized carbons (Fsp3) is 0.654. The molecular formula is C26H37N3O7. The number of alkyl carbamates (subject to hydrolysis) is 1. The van der Waals surface area contributed by atoms with Crippen LogP contribution in [0.1, 0.15) is 66.2 Å². The largest absolute Gasteiger partial charge is 0.464 e. The van der Waals surface area contributed by atoms with Crippen molar-refractivity contribution < 1.29 is 33.4 Å². The lowest BCUT2D eigenvalue weighted by Crippen LogP contribution is -2.65. The Hall–Kier alpha value is -3.17. The van der Waals surface area contributed by atoms with Crippen molar-refractivity contribution in [2.24, 2.45) is 5.92 Å². The van der Waals surface area contributed by atoms with Crippen molar-refractivity contribution in [1.29, 1.82) is 0 Å². The van der Waals surface area contributed by atoms with Gasteiger partial charge in [-0.05, 0) is 47.0 Å². The zero-order chi connectivity index (χ0) is 26.5. The number of esters is 1. The molecule has 4 atom stereocenters. The third kappa shape index (κ3) is 6.33. The maximum Gasteiger partial charge on any atom is 0.408 e. The molecule has 2 aliphatic heterocycles. The van der Waals surface area contributed by atoms with Crippen molar-refractivity contribution >= 4 is 29.7 Å². The average molecular weight is 504 g/mol. The molecule has 0 spiro atoms. The second-order valence-corrected chi connectivity index (χ2v) is 10.5. The zero-order valence-electron chi connectivity index (χ0n) is 21.5. The van der Waals surface area contributed by atoms with Gasteiger partial charge in [-0.3, -0.25) is 14.4 Å². The Kier molecular flexibility index (Phi) is 8.58. The fourth-order valence-electron chi connectivity index (χ4n) is 4.63. The quantitative estimate of drug-likeness (QED) is 0.446. The molecule has 3 rings (SSSR count). The lowest BCUT2D eigenvalue weighted by molar-refractivity contribution is -0.154. The molecule has 1 saturated heterocycles. The number of rotatable bonds is 3. The SMILES string of the molecule is CCOC(=O)[C@@]12C=C[C@H]1/C=C\CCCCC[C@H](NC(=O)OC(C)(C)C)C(=O)N1CC(=O)C[C@H]1C(=O)N2. The van der Waals surface area contributed by atoms with Gasteiger partial charge >= 0.3 is 12.1 Å². The fourth-order valence-corrected chi connectivity index (χ4v) is 4.63. The Labute approximate surface area is 211 Å². The van der Waals surface area contributed by atoms with Crippen molar-refractivity contribution in [2.45, 2.75) is 89.4 Å². The summed E-state index contributed by atoms with van der Waals surface area (Å²) in [6, 6.07) is -2.04. The molecule has 2 N–H and O–H groups in total. The van der Waals surface area contributed by atoms with E-state index in [0.29, 0.717) is 12.8 Å². The van der Waals surface area contributed by atoms with Gasteiger partial charge in [0.1, 0.15) is 17.7 Å². The monoisotopic (exact) mass is 503 g/mol. The Bertz CT molecular complexity index is 952. The van der Waals surface area contributed by atoms with Crippen LogP contribution in [-0.2, 0) is 28.7 Å². The molecular weight excluding hydrogens is 466 g/mol. The molecule has 3 amide bonds. The summed E-state index contributed by atoms with van der Waals surface area (Å²) in [5.41, 5.74) is -2.14. The van der Waals surface area contributed by atoms with Gasteiger partial charge in [0.15, 0.2) is 11.3 Å². The molecule has 3 aliphatic rings. The molecule has 1 aliphatic carbocycles. The first kappa shape index (κ1) is 27.4. The first-order chi connectivity index (χ1) is 17.0. The molecule has 0 unspecified atom stereocenters. The number of hydrogen-bond acceptors (Lipinski definition) is 7. The molecule has 0 aromatic rings. The number of ketones is 1. The molecule has 10 heteroatoms. The van der Waals surface area contributed by atoms with E-state index in [2.05, 4.69) is 10.6 Å². The van der Waals surface area contributed by atoms with E-state index in [1.807, 2.05) is 18.2 Å². The van der Waals surface area contributed by atoms with Gasteiger partial charge in [-0.1, -0.05) is 37.1 Å². The third-order valence-corrected chi connectivity index (χ3v) is 6.46. The molecule has 36 heavy (non-hydrogen) atoms. The average Bonchev–Trinajstić information content (AvgIpc) is 3.17. The van der Waals surface area contributed by atoms with E-state index in [9.17, 15) is 24.0 Å². The van der Waals surface area contributed by atoms with Crippen LogP contribution in [0.3, 0.4) is 0 Å². The molecule has 0 radical (unpaired) electrons. The normalized spacial score (nSPS) is 30.1. The van der Waals surface area contributed by atoms with Crippen LogP contribution in [0.25, 0.3) is 0 Å². The molecule has 0 aromatic carbocycles. The van der Waals surface area contributed by atoms with Crippen LogP contribution in [-0.4, -0.2) is 70.9 Å². The van der Waals surface area contributed by atoms with E-state index in [1.54, 1.807) is 33.8 Å². The van der Waals surface area contributed by atoms with Gasteiger partial charge in [-0.15, -0.1) is 0 Å². The summed E-state index contributed by atoms with van der Waals surface area (Å²) < 4.78 is 10.6. The molecule has 10 nitrogen and oxygen atoms in total. The molecule has 0 aromatic heterocycles. The van der Waals surface area contributed by atoms with E-state index in [-0.39, 0.29) is 25.4 Å². The first-order valence-corrected chi connectivity index (χ1v) is 12.6. The minimum Gasteiger partial charge on any atom is -0.464 e. The predicted molar refractivity (Wildman–Crippen MR) is 131 cm³/mol. The zero-order valence-corrected chi connectivity index (χ0v) is 21.5. The van der Waals surface area contributed by atoms with Gasteiger partial charge in [0.25, 0.3) is 0 Å².